The van der Waals surface area contributed by atoms with Crippen LogP contribution in [0, 0.1) is 0 Å². The van der Waals surface area contributed by atoms with E-state index in [0.717, 1.165) is 17.1 Å². The van der Waals surface area contributed by atoms with Gasteiger partial charge in [-0.05, 0) is 72.1 Å². The molecular weight excluding hydrogens is 546 g/mol. The summed E-state index contributed by atoms with van der Waals surface area (Å²) in [6.45, 7) is 0. The summed E-state index contributed by atoms with van der Waals surface area (Å²) in [5, 5.41) is 8.82. The average Bonchev–Trinajstić information content (AvgIpc) is 3.78. The van der Waals surface area contributed by atoms with Crippen LogP contribution in [0.15, 0.2) is 164 Å². The van der Waals surface area contributed by atoms with E-state index in [4.69, 9.17) is 0 Å². The van der Waals surface area contributed by atoms with Crippen molar-refractivity contribution in [3.05, 3.63) is 164 Å². The van der Waals surface area contributed by atoms with Crippen LogP contribution in [-0.4, -0.2) is 13.7 Å². The van der Waals surface area contributed by atoms with Crippen molar-refractivity contribution in [2.75, 3.05) is 0 Å². The van der Waals surface area contributed by atoms with Crippen LogP contribution < -0.4 is 0 Å². The molecule has 0 amide bonds. The van der Waals surface area contributed by atoms with Crippen LogP contribution in [0.1, 0.15) is 0 Å². The average molecular weight is 574 g/mol. The van der Waals surface area contributed by atoms with E-state index in [1.165, 1.54) is 65.3 Å². The van der Waals surface area contributed by atoms with Gasteiger partial charge < -0.3 is 13.7 Å². The SMILES string of the molecule is c1ccc(-n2ccc3cc4c5ccc6ccccc6c5n(-c5ccc(-n6c7ccccc7c7ccccc76)cc5)c4cc32)cc1. The third kappa shape index (κ3) is 3.46. The van der Waals surface area contributed by atoms with Crippen LogP contribution in [0.25, 0.3) is 82.3 Å². The molecule has 3 nitrogen and oxygen atoms in total. The first-order valence-electron chi connectivity index (χ1n) is 15.4. The third-order valence-electron chi connectivity index (χ3n) is 9.44. The van der Waals surface area contributed by atoms with Gasteiger partial charge in [0, 0.05) is 55.6 Å². The van der Waals surface area contributed by atoms with Crippen LogP contribution in [0.5, 0.6) is 0 Å². The minimum Gasteiger partial charge on any atom is -0.316 e. The van der Waals surface area contributed by atoms with Gasteiger partial charge in [0.2, 0.25) is 0 Å². The molecule has 0 radical (unpaired) electrons. The predicted octanol–water partition coefficient (Wildman–Crippen LogP) is 11.0. The van der Waals surface area contributed by atoms with E-state index in [1.54, 1.807) is 0 Å². The zero-order valence-electron chi connectivity index (χ0n) is 24.4. The minimum atomic E-state index is 1.15. The van der Waals surface area contributed by atoms with Crippen molar-refractivity contribution < 1.29 is 0 Å². The second kappa shape index (κ2) is 9.22. The normalized spacial score (nSPS) is 12.0. The molecule has 0 unspecified atom stereocenters. The van der Waals surface area contributed by atoms with E-state index in [9.17, 15) is 0 Å². The molecule has 3 aromatic heterocycles. The van der Waals surface area contributed by atoms with Gasteiger partial charge in [-0.3, -0.25) is 0 Å². The number of hydrogen-bond acceptors (Lipinski definition) is 0. The number of nitrogens with zero attached hydrogens (tertiary/aromatic N) is 3. The highest BCUT2D eigenvalue weighted by Gasteiger charge is 2.18. The summed E-state index contributed by atoms with van der Waals surface area (Å²) in [6.07, 6.45) is 2.18. The van der Waals surface area contributed by atoms with Crippen LogP contribution in [0.4, 0.5) is 0 Å². The molecule has 7 aromatic carbocycles. The first-order valence-corrected chi connectivity index (χ1v) is 15.4. The van der Waals surface area contributed by atoms with Crippen LogP contribution in [-0.2, 0) is 0 Å². The lowest BCUT2D eigenvalue weighted by Gasteiger charge is -2.13. The molecule has 0 N–H and O–H groups in total. The number of hydrogen-bond donors (Lipinski definition) is 0. The summed E-state index contributed by atoms with van der Waals surface area (Å²) in [4.78, 5) is 0. The van der Waals surface area contributed by atoms with Crippen molar-refractivity contribution in [1.29, 1.82) is 0 Å². The second-order valence-corrected chi connectivity index (χ2v) is 11.9. The fraction of sp³-hybridized carbons (Fsp3) is 0. The Labute approximate surface area is 259 Å². The number of para-hydroxylation sites is 3. The van der Waals surface area contributed by atoms with Gasteiger partial charge in [-0.25, -0.2) is 0 Å². The van der Waals surface area contributed by atoms with Gasteiger partial charge in [0.1, 0.15) is 0 Å². The molecule has 45 heavy (non-hydrogen) atoms. The molecule has 0 aliphatic carbocycles. The maximum atomic E-state index is 2.46. The molecule has 0 fully saturated rings. The molecule has 10 rings (SSSR count). The molecular formula is C42H27N3. The van der Waals surface area contributed by atoms with Crippen molar-refractivity contribution in [2.45, 2.75) is 0 Å². The lowest BCUT2D eigenvalue weighted by atomic mass is 10.1. The smallest absolute Gasteiger partial charge is 0.0619 e. The van der Waals surface area contributed by atoms with Gasteiger partial charge in [-0.15, -0.1) is 0 Å². The second-order valence-electron chi connectivity index (χ2n) is 11.9. The Morgan fingerprint density at radius 2 is 0.933 bits per heavy atom. The number of fused-ring (bicyclic) bond motifs is 9. The van der Waals surface area contributed by atoms with E-state index in [-0.39, 0.29) is 0 Å². The summed E-state index contributed by atoms with van der Waals surface area (Å²) in [5.74, 6) is 0. The lowest BCUT2D eigenvalue weighted by Crippen LogP contribution is -1.98. The molecule has 0 saturated heterocycles. The van der Waals surface area contributed by atoms with E-state index in [0.29, 0.717) is 0 Å². The van der Waals surface area contributed by atoms with E-state index < -0.39 is 0 Å². The zero-order chi connectivity index (χ0) is 29.5. The third-order valence-corrected chi connectivity index (χ3v) is 9.44. The molecule has 210 valence electrons. The monoisotopic (exact) mass is 573 g/mol. The standard InChI is InChI=1S/C42H27N3/c1-2-11-30(12-3-1)43-25-24-29-26-37-36-23-18-28-10-4-5-13-33(28)42(36)45(41(37)27-40(29)43)32-21-19-31(20-22-32)44-38-16-8-6-14-34(38)35-15-7-9-17-39(35)44/h1-27H. The molecule has 0 saturated carbocycles. The summed E-state index contributed by atoms with van der Waals surface area (Å²) in [7, 11) is 0. The Hall–Kier alpha value is -6.06. The molecule has 0 spiro atoms. The van der Waals surface area contributed by atoms with E-state index in [2.05, 4.69) is 178 Å². The molecule has 0 atom stereocenters. The summed E-state index contributed by atoms with van der Waals surface area (Å²) < 4.78 is 7.14. The number of aromatic nitrogens is 3. The van der Waals surface area contributed by atoms with Crippen LogP contribution in [0.3, 0.4) is 0 Å². The van der Waals surface area contributed by atoms with Crippen molar-refractivity contribution in [3.63, 3.8) is 0 Å². The van der Waals surface area contributed by atoms with Gasteiger partial charge in [0.25, 0.3) is 0 Å². The maximum absolute atomic E-state index is 2.46. The highest BCUT2D eigenvalue weighted by atomic mass is 15.0. The van der Waals surface area contributed by atoms with Gasteiger partial charge in [-0.1, -0.05) is 91.0 Å². The van der Waals surface area contributed by atoms with E-state index in [1.807, 2.05) is 0 Å². The topological polar surface area (TPSA) is 14.8 Å². The lowest BCUT2D eigenvalue weighted by molar-refractivity contribution is 1.12. The molecule has 0 bridgehead atoms. The van der Waals surface area contributed by atoms with Crippen LogP contribution >= 0.6 is 0 Å². The predicted molar refractivity (Wildman–Crippen MR) is 189 cm³/mol. The molecule has 0 aliphatic rings. The highest BCUT2D eigenvalue weighted by molar-refractivity contribution is 6.20. The highest BCUT2D eigenvalue weighted by Crippen LogP contribution is 2.39. The van der Waals surface area contributed by atoms with Crippen LogP contribution in [0.2, 0.25) is 0 Å². The van der Waals surface area contributed by atoms with Crippen molar-refractivity contribution in [1.82, 2.24) is 13.7 Å². The van der Waals surface area contributed by atoms with Crippen molar-refractivity contribution in [2.24, 2.45) is 0 Å². The first kappa shape index (κ1) is 24.4. The Bertz CT molecular complexity index is 2690. The fourth-order valence-corrected chi connectivity index (χ4v) is 7.44. The summed E-state index contributed by atoms with van der Waals surface area (Å²) in [5.41, 5.74) is 9.55. The zero-order valence-corrected chi connectivity index (χ0v) is 24.4. The summed E-state index contributed by atoms with van der Waals surface area (Å²) >= 11 is 0. The van der Waals surface area contributed by atoms with Crippen molar-refractivity contribution >= 4 is 65.3 Å². The largest absolute Gasteiger partial charge is 0.316 e. The Morgan fingerprint density at radius 1 is 0.311 bits per heavy atom. The Balaban J connectivity index is 1.26. The first-order chi connectivity index (χ1) is 22.3. The quantitative estimate of drug-likeness (QED) is 0.200. The van der Waals surface area contributed by atoms with Crippen molar-refractivity contribution in [3.8, 4) is 17.1 Å². The molecule has 0 aliphatic heterocycles. The molecule has 3 heteroatoms. The number of rotatable bonds is 3. The number of benzene rings is 7. The Kier molecular flexibility index (Phi) is 5.00. The minimum absolute atomic E-state index is 1.15. The Morgan fingerprint density at radius 3 is 1.67 bits per heavy atom. The maximum Gasteiger partial charge on any atom is 0.0619 e. The van der Waals surface area contributed by atoms with Gasteiger partial charge in [0.05, 0.1) is 27.6 Å². The van der Waals surface area contributed by atoms with E-state index >= 15 is 0 Å². The van der Waals surface area contributed by atoms with Gasteiger partial charge >= 0.3 is 0 Å². The molecule has 10 aromatic rings. The molecule has 3 heterocycles. The van der Waals surface area contributed by atoms with Gasteiger partial charge in [-0.2, -0.15) is 0 Å². The van der Waals surface area contributed by atoms with Gasteiger partial charge in [0.15, 0.2) is 0 Å². The summed E-state index contributed by atoms with van der Waals surface area (Å²) in [6, 6.07) is 57.3. The fourth-order valence-electron chi connectivity index (χ4n) is 7.44.